The Kier molecular flexibility index (Phi) is 7.81. The number of aryl methyl sites for hydroxylation is 1. The second-order valence-electron chi connectivity index (χ2n) is 10.4. The minimum absolute atomic E-state index is 0.0721. The highest BCUT2D eigenvalue weighted by atomic mass is 32.1. The molecule has 1 N–H and O–H groups in total. The Morgan fingerprint density at radius 1 is 0.944 bits per heavy atom. The number of para-hydroxylation sites is 1. The van der Waals surface area contributed by atoms with Gasteiger partial charge in [-0.25, -0.2) is 9.97 Å². The monoisotopic (exact) mass is 500 g/mol. The van der Waals surface area contributed by atoms with Crippen LogP contribution in [0.2, 0.25) is 0 Å². The molecule has 1 amide bonds. The second kappa shape index (κ2) is 11.4. The van der Waals surface area contributed by atoms with Crippen molar-refractivity contribution in [3.05, 3.63) is 65.3 Å². The number of rotatable bonds is 9. The maximum absolute atomic E-state index is 12.7. The molecule has 0 bridgehead atoms. The molecular weight excluding hydrogens is 464 g/mol. The summed E-state index contributed by atoms with van der Waals surface area (Å²) in [6.45, 7) is 0.795. The van der Waals surface area contributed by atoms with Crippen LogP contribution in [0.15, 0.2) is 53.9 Å². The molecule has 1 saturated carbocycles. The molecule has 36 heavy (non-hydrogen) atoms. The maximum atomic E-state index is 12.7. The van der Waals surface area contributed by atoms with E-state index in [0.717, 1.165) is 58.8 Å². The van der Waals surface area contributed by atoms with E-state index in [9.17, 15) is 4.79 Å². The van der Waals surface area contributed by atoms with Gasteiger partial charge in [-0.3, -0.25) is 4.79 Å². The molecule has 4 aromatic rings. The summed E-state index contributed by atoms with van der Waals surface area (Å²) in [4.78, 5) is 24.5. The zero-order chi connectivity index (χ0) is 24.9. The normalized spacial score (nSPS) is 17.9. The zero-order valence-electron chi connectivity index (χ0n) is 21.4. The minimum Gasteiger partial charge on any atom is -0.362 e. The Hall–Kier alpha value is -2.99. The van der Waals surface area contributed by atoms with Crippen LogP contribution in [0.1, 0.15) is 61.1 Å². The van der Waals surface area contributed by atoms with Crippen LogP contribution >= 0.6 is 11.3 Å². The van der Waals surface area contributed by atoms with Gasteiger partial charge < -0.3 is 10.2 Å². The number of hydrogen-bond acceptors (Lipinski definition) is 5. The van der Waals surface area contributed by atoms with Crippen LogP contribution in [-0.2, 0) is 6.42 Å². The van der Waals surface area contributed by atoms with Crippen LogP contribution in [0.3, 0.4) is 0 Å². The lowest BCUT2D eigenvalue weighted by atomic mass is 9.79. The molecular formula is C30H36N4OS. The zero-order valence-corrected chi connectivity index (χ0v) is 22.2. The van der Waals surface area contributed by atoms with E-state index < -0.39 is 0 Å². The molecule has 1 aliphatic rings. The third-order valence-electron chi connectivity index (χ3n) is 7.56. The van der Waals surface area contributed by atoms with Crippen molar-refractivity contribution in [1.29, 1.82) is 0 Å². The first-order valence-corrected chi connectivity index (χ1v) is 14.1. The highest BCUT2D eigenvalue weighted by molar-refractivity contribution is 7.17. The summed E-state index contributed by atoms with van der Waals surface area (Å²) in [5.41, 5.74) is 1.85. The van der Waals surface area contributed by atoms with Gasteiger partial charge in [-0.1, -0.05) is 56.0 Å². The number of carbonyl (C=O) groups excluding carboxylic acids is 1. The number of aromatic nitrogens is 2. The van der Waals surface area contributed by atoms with Crippen molar-refractivity contribution in [2.24, 2.45) is 11.8 Å². The molecule has 6 heteroatoms. The van der Waals surface area contributed by atoms with E-state index in [4.69, 9.17) is 9.97 Å². The SMILES string of the molecule is CN(C)c1nc(CCCCC2CCC(CNC(=O)c3csc4ccccc34)CC2)nc2ccccc12. The predicted octanol–water partition coefficient (Wildman–Crippen LogP) is 6.86. The number of benzene rings is 2. The Morgan fingerprint density at radius 2 is 1.67 bits per heavy atom. The highest BCUT2D eigenvalue weighted by Crippen LogP contribution is 2.32. The first kappa shape index (κ1) is 24.7. The molecule has 0 spiro atoms. The molecule has 5 rings (SSSR count). The Morgan fingerprint density at radius 3 is 2.47 bits per heavy atom. The predicted molar refractivity (Wildman–Crippen MR) is 151 cm³/mol. The number of hydrogen-bond donors (Lipinski definition) is 1. The van der Waals surface area contributed by atoms with Crippen molar-refractivity contribution in [2.45, 2.75) is 51.4 Å². The number of nitrogens with zero attached hydrogens (tertiary/aromatic N) is 3. The molecule has 0 saturated heterocycles. The van der Waals surface area contributed by atoms with Crippen molar-refractivity contribution in [2.75, 3.05) is 25.5 Å². The van der Waals surface area contributed by atoms with Crippen molar-refractivity contribution < 1.29 is 4.79 Å². The van der Waals surface area contributed by atoms with Gasteiger partial charge in [-0.2, -0.15) is 0 Å². The minimum atomic E-state index is 0.0721. The number of fused-ring (bicyclic) bond motifs is 2. The topological polar surface area (TPSA) is 58.1 Å². The van der Waals surface area contributed by atoms with E-state index in [1.165, 1.54) is 43.2 Å². The second-order valence-corrected chi connectivity index (χ2v) is 11.3. The van der Waals surface area contributed by atoms with Gasteiger partial charge in [0, 0.05) is 47.9 Å². The van der Waals surface area contributed by atoms with Gasteiger partial charge in [-0.15, -0.1) is 11.3 Å². The molecule has 0 aliphatic heterocycles. The van der Waals surface area contributed by atoms with Gasteiger partial charge in [0.05, 0.1) is 11.1 Å². The summed E-state index contributed by atoms with van der Waals surface area (Å²) in [7, 11) is 4.09. The van der Waals surface area contributed by atoms with Gasteiger partial charge in [0.2, 0.25) is 0 Å². The van der Waals surface area contributed by atoms with Crippen molar-refractivity contribution >= 4 is 44.1 Å². The summed E-state index contributed by atoms with van der Waals surface area (Å²) in [6.07, 6.45) is 9.57. The molecule has 1 aliphatic carbocycles. The molecule has 2 heterocycles. The lowest BCUT2D eigenvalue weighted by Gasteiger charge is -2.28. The molecule has 188 valence electrons. The maximum Gasteiger partial charge on any atom is 0.252 e. The summed E-state index contributed by atoms with van der Waals surface area (Å²) in [5.74, 6) is 3.45. The Bertz CT molecular complexity index is 1320. The summed E-state index contributed by atoms with van der Waals surface area (Å²) < 4.78 is 1.17. The van der Waals surface area contributed by atoms with Crippen LogP contribution in [0.4, 0.5) is 5.82 Å². The molecule has 0 radical (unpaired) electrons. The smallest absolute Gasteiger partial charge is 0.252 e. The Labute approximate surface area is 218 Å². The van der Waals surface area contributed by atoms with Crippen LogP contribution in [0.5, 0.6) is 0 Å². The first-order valence-electron chi connectivity index (χ1n) is 13.3. The van der Waals surface area contributed by atoms with Gasteiger partial charge in [0.25, 0.3) is 5.91 Å². The largest absolute Gasteiger partial charge is 0.362 e. The molecule has 5 nitrogen and oxygen atoms in total. The van der Waals surface area contributed by atoms with E-state index in [1.54, 1.807) is 11.3 Å². The van der Waals surface area contributed by atoms with E-state index >= 15 is 0 Å². The van der Waals surface area contributed by atoms with Gasteiger partial charge in [-0.05, 0) is 49.3 Å². The molecule has 0 atom stereocenters. The highest BCUT2D eigenvalue weighted by Gasteiger charge is 2.22. The number of nitrogens with one attached hydrogen (secondary N) is 1. The number of amides is 1. The molecule has 2 aromatic heterocycles. The fourth-order valence-electron chi connectivity index (χ4n) is 5.49. The van der Waals surface area contributed by atoms with Crippen LogP contribution in [0.25, 0.3) is 21.0 Å². The lowest BCUT2D eigenvalue weighted by molar-refractivity contribution is 0.0943. The summed E-state index contributed by atoms with van der Waals surface area (Å²) >= 11 is 1.64. The third-order valence-corrected chi connectivity index (χ3v) is 8.52. The van der Waals surface area contributed by atoms with Crippen LogP contribution in [0, 0.1) is 11.8 Å². The van der Waals surface area contributed by atoms with E-state index in [0.29, 0.717) is 5.92 Å². The van der Waals surface area contributed by atoms with Crippen molar-refractivity contribution in [1.82, 2.24) is 15.3 Å². The van der Waals surface area contributed by atoms with Crippen LogP contribution in [-0.4, -0.2) is 36.5 Å². The van der Waals surface area contributed by atoms with Gasteiger partial charge in [0.15, 0.2) is 0 Å². The quantitative estimate of drug-likeness (QED) is 0.255. The van der Waals surface area contributed by atoms with Crippen molar-refractivity contribution in [3.8, 4) is 0 Å². The van der Waals surface area contributed by atoms with Gasteiger partial charge >= 0.3 is 0 Å². The average molecular weight is 501 g/mol. The van der Waals surface area contributed by atoms with Gasteiger partial charge in [0.1, 0.15) is 11.6 Å². The lowest BCUT2D eigenvalue weighted by Crippen LogP contribution is -2.31. The van der Waals surface area contributed by atoms with E-state index in [1.807, 2.05) is 49.8 Å². The van der Waals surface area contributed by atoms with E-state index in [2.05, 4.69) is 28.4 Å². The first-order chi connectivity index (χ1) is 17.6. The molecule has 0 unspecified atom stereocenters. The van der Waals surface area contributed by atoms with Crippen LogP contribution < -0.4 is 10.2 Å². The number of carbonyl (C=O) groups is 1. The number of anilines is 1. The summed E-state index contributed by atoms with van der Waals surface area (Å²) in [5, 5.41) is 7.37. The van der Waals surface area contributed by atoms with Crippen molar-refractivity contribution in [3.63, 3.8) is 0 Å². The average Bonchev–Trinajstić information content (AvgIpc) is 3.34. The Balaban J connectivity index is 1.04. The number of unbranched alkanes of at least 4 members (excludes halogenated alkanes) is 1. The summed E-state index contributed by atoms with van der Waals surface area (Å²) in [6, 6.07) is 16.4. The molecule has 1 fully saturated rings. The third kappa shape index (κ3) is 5.70. The fourth-order valence-corrected chi connectivity index (χ4v) is 6.43. The number of thiophene rings is 1. The standard InChI is InChI=1S/C30H36N4OS/c1-34(2)29-24-11-4-6-12-26(24)32-28(33-29)14-8-3-9-21-15-17-22(18-16-21)19-31-30(35)25-20-36-27-13-7-5-10-23(25)27/h4-7,10-13,20-22H,3,8-9,14-19H2,1-2H3,(H,31,35). The fraction of sp³-hybridized carbons (Fsp3) is 0.433. The molecule has 2 aromatic carbocycles. The van der Waals surface area contributed by atoms with E-state index in [-0.39, 0.29) is 5.91 Å².